The van der Waals surface area contributed by atoms with Gasteiger partial charge in [-0.2, -0.15) is 5.10 Å². The molecule has 0 spiro atoms. The summed E-state index contributed by atoms with van der Waals surface area (Å²) in [5, 5.41) is 8.06. The van der Waals surface area contributed by atoms with Crippen molar-refractivity contribution in [3.8, 4) is 11.1 Å². The topological polar surface area (TPSA) is 92.7 Å². The Hall–Kier alpha value is -3.35. The molecule has 4 rings (SSSR count). The molecule has 3 N–H and O–H groups in total. The van der Waals surface area contributed by atoms with Crippen LogP contribution in [0.15, 0.2) is 42.7 Å². The molecular formula is C25H31N5O2. The molecule has 168 valence electrons. The summed E-state index contributed by atoms with van der Waals surface area (Å²) >= 11 is 0. The molecule has 0 bridgehead atoms. The molecular weight excluding hydrogens is 402 g/mol. The van der Waals surface area contributed by atoms with Crippen LogP contribution in [0.25, 0.3) is 16.6 Å². The fraction of sp³-hybridized carbons (Fsp3) is 0.400. The Labute approximate surface area is 188 Å². The number of hydrogen-bond acceptors (Lipinski definition) is 4. The van der Waals surface area contributed by atoms with Crippen LogP contribution in [0.1, 0.15) is 54.3 Å². The van der Waals surface area contributed by atoms with Gasteiger partial charge in [0.15, 0.2) is 0 Å². The van der Waals surface area contributed by atoms with Gasteiger partial charge < -0.3 is 16.0 Å². The second-order valence-electron chi connectivity index (χ2n) is 9.63. The van der Waals surface area contributed by atoms with E-state index in [4.69, 9.17) is 5.73 Å². The number of rotatable bonds is 5. The van der Waals surface area contributed by atoms with E-state index in [-0.39, 0.29) is 17.4 Å². The minimum atomic E-state index is -0.499. The number of carbonyl (C=O) groups is 2. The molecule has 0 saturated heterocycles. The zero-order chi connectivity index (χ0) is 23.2. The molecule has 2 aromatic heterocycles. The highest BCUT2D eigenvalue weighted by molar-refractivity contribution is 6.02. The Bertz CT molecular complexity index is 1180. The summed E-state index contributed by atoms with van der Waals surface area (Å²) in [6, 6.07) is 9.74. The van der Waals surface area contributed by atoms with E-state index in [1.807, 2.05) is 36.5 Å². The fourth-order valence-electron chi connectivity index (χ4n) is 4.55. The maximum absolute atomic E-state index is 12.2. The second kappa shape index (κ2) is 7.97. The quantitative estimate of drug-likeness (QED) is 0.635. The van der Waals surface area contributed by atoms with Crippen molar-refractivity contribution in [1.29, 1.82) is 0 Å². The van der Waals surface area contributed by atoms with Crippen molar-refractivity contribution in [1.82, 2.24) is 14.5 Å². The molecule has 0 aliphatic heterocycles. The van der Waals surface area contributed by atoms with E-state index >= 15 is 0 Å². The van der Waals surface area contributed by atoms with E-state index in [1.165, 1.54) is 6.20 Å². The van der Waals surface area contributed by atoms with Gasteiger partial charge in [-0.15, -0.1) is 0 Å². The molecule has 1 saturated carbocycles. The first kappa shape index (κ1) is 21.9. The van der Waals surface area contributed by atoms with Gasteiger partial charge in [0.05, 0.1) is 23.0 Å². The number of amides is 2. The van der Waals surface area contributed by atoms with E-state index in [0.717, 1.165) is 35.2 Å². The van der Waals surface area contributed by atoms with Crippen molar-refractivity contribution in [2.75, 3.05) is 19.4 Å². The van der Waals surface area contributed by atoms with Crippen molar-refractivity contribution < 1.29 is 9.59 Å². The van der Waals surface area contributed by atoms with Crippen molar-refractivity contribution >= 4 is 23.0 Å². The first-order chi connectivity index (χ1) is 15.1. The van der Waals surface area contributed by atoms with Crippen LogP contribution < -0.4 is 11.1 Å². The molecule has 32 heavy (non-hydrogen) atoms. The van der Waals surface area contributed by atoms with Crippen LogP contribution in [0.4, 0.5) is 5.69 Å². The summed E-state index contributed by atoms with van der Waals surface area (Å²) in [6.45, 7) is 6.81. The number of anilines is 1. The average molecular weight is 434 g/mol. The number of hydrogen-bond donors (Lipinski definition) is 2. The zero-order valence-electron chi connectivity index (χ0n) is 19.3. The summed E-state index contributed by atoms with van der Waals surface area (Å²) < 4.78 is 1.77. The van der Waals surface area contributed by atoms with Crippen molar-refractivity contribution in [2.24, 2.45) is 17.1 Å². The lowest BCUT2D eigenvalue weighted by molar-refractivity contribution is 0.0827. The van der Waals surface area contributed by atoms with E-state index in [0.29, 0.717) is 17.0 Å². The molecule has 7 nitrogen and oxygen atoms in total. The van der Waals surface area contributed by atoms with Crippen LogP contribution in [0.5, 0.6) is 0 Å². The lowest BCUT2D eigenvalue weighted by Crippen LogP contribution is -2.35. The van der Waals surface area contributed by atoms with E-state index in [1.54, 1.807) is 23.5 Å². The molecule has 0 radical (unpaired) electrons. The monoisotopic (exact) mass is 433 g/mol. The summed E-state index contributed by atoms with van der Waals surface area (Å²) in [4.78, 5) is 25.9. The Morgan fingerprint density at radius 2 is 1.84 bits per heavy atom. The molecule has 1 unspecified atom stereocenters. The Morgan fingerprint density at radius 1 is 1.16 bits per heavy atom. The average Bonchev–Trinajstić information content (AvgIpc) is 3.29. The molecule has 1 aromatic carbocycles. The van der Waals surface area contributed by atoms with Gasteiger partial charge in [0, 0.05) is 37.5 Å². The first-order valence-electron chi connectivity index (χ1n) is 11.0. The number of carbonyl (C=O) groups excluding carboxylic acids is 2. The summed E-state index contributed by atoms with van der Waals surface area (Å²) in [5.41, 5.74) is 10.3. The van der Waals surface area contributed by atoms with Gasteiger partial charge in [-0.05, 0) is 47.9 Å². The highest BCUT2D eigenvalue weighted by Gasteiger charge is 2.41. The van der Waals surface area contributed by atoms with Crippen molar-refractivity contribution in [3.05, 3.63) is 53.9 Å². The Kier molecular flexibility index (Phi) is 5.44. The van der Waals surface area contributed by atoms with Crippen LogP contribution >= 0.6 is 0 Å². The third-order valence-electron chi connectivity index (χ3n) is 7.15. The Balaban J connectivity index is 1.75. The first-order valence-corrected chi connectivity index (χ1v) is 11.0. The highest BCUT2D eigenvalue weighted by Crippen LogP contribution is 2.44. The number of nitrogens with two attached hydrogens (primary N) is 1. The third-order valence-corrected chi connectivity index (χ3v) is 7.15. The number of nitrogens with zero attached hydrogens (tertiary/aromatic N) is 3. The molecule has 2 heterocycles. The molecule has 3 aromatic rings. The maximum atomic E-state index is 12.2. The SMILES string of the molecule is CC1CC[C@@H](Nc2c(C(N)=O)cnn3cc(-c4ccc(C(=O)N(C)C)cc4)cc23)C1(C)C. The van der Waals surface area contributed by atoms with E-state index < -0.39 is 5.91 Å². The van der Waals surface area contributed by atoms with Gasteiger partial charge >= 0.3 is 0 Å². The third kappa shape index (κ3) is 3.72. The van der Waals surface area contributed by atoms with Gasteiger partial charge in [-0.3, -0.25) is 9.59 Å². The van der Waals surface area contributed by atoms with E-state index in [2.05, 4.69) is 31.2 Å². The van der Waals surface area contributed by atoms with Gasteiger partial charge in [0.2, 0.25) is 0 Å². The minimum absolute atomic E-state index is 0.0359. The largest absolute Gasteiger partial charge is 0.379 e. The smallest absolute Gasteiger partial charge is 0.253 e. The maximum Gasteiger partial charge on any atom is 0.253 e. The molecule has 2 atom stereocenters. The lowest BCUT2D eigenvalue weighted by atomic mass is 9.80. The van der Waals surface area contributed by atoms with Gasteiger partial charge in [-0.1, -0.05) is 32.9 Å². The molecule has 1 aliphatic rings. The van der Waals surface area contributed by atoms with Crippen LogP contribution in [-0.2, 0) is 0 Å². The molecule has 2 amide bonds. The fourth-order valence-corrected chi connectivity index (χ4v) is 4.55. The van der Waals surface area contributed by atoms with Crippen molar-refractivity contribution in [2.45, 2.75) is 39.7 Å². The van der Waals surface area contributed by atoms with Crippen LogP contribution in [-0.4, -0.2) is 46.5 Å². The van der Waals surface area contributed by atoms with Crippen molar-refractivity contribution in [3.63, 3.8) is 0 Å². The standard InChI is InChI=1S/C25H31N5O2/c1-15-6-11-21(25(15,2)3)28-22-19(23(26)31)13-27-30-14-18(12-20(22)30)16-7-9-17(10-8-16)24(32)29(4)5/h7-10,12-15,21,28H,6,11H2,1-5H3,(H2,26,31)/t15?,21-/m1/s1. The predicted molar refractivity (Wildman–Crippen MR) is 127 cm³/mol. The minimum Gasteiger partial charge on any atom is -0.379 e. The molecule has 7 heteroatoms. The van der Waals surface area contributed by atoms with E-state index in [9.17, 15) is 9.59 Å². The van der Waals surface area contributed by atoms with Crippen LogP contribution in [0.3, 0.4) is 0 Å². The lowest BCUT2D eigenvalue weighted by Gasteiger charge is -2.33. The summed E-state index contributed by atoms with van der Waals surface area (Å²) in [5.74, 6) is 0.0486. The number of nitrogens with one attached hydrogen (secondary N) is 1. The van der Waals surface area contributed by atoms with Gasteiger partial charge in [-0.25, -0.2) is 4.52 Å². The normalized spacial score (nSPS) is 19.8. The van der Waals surface area contributed by atoms with Gasteiger partial charge in [0.1, 0.15) is 0 Å². The van der Waals surface area contributed by atoms with Gasteiger partial charge in [0.25, 0.3) is 11.8 Å². The number of fused-ring (bicyclic) bond motifs is 1. The predicted octanol–water partition coefficient (Wildman–Crippen LogP) is 4.04. The number of benzene rings is 1. The number of primary amides is 1. The molecule has 1 aliphatic carbocycles. The zero-order valence-corrected chi connectivity index (χ0v) is 19.3. The summed E-state index contributed by atoms with van der Waals surface area (Å²) in [7, 11) is 3.47. The summed E-state index contributed by atoms with van der Waals surface area (Å²) in [6.07, 6.45) is 5.64. The molecule has 1 fully saturated rings. The Morgan fingerprint density at radius 3 is 2.41 bits per heavy atom. The van der Waals surface area contributed by atoms with Crippen LogP contribution in [0.2, 0.25) is 0 Å². The number of aromatic nitrogens is 2. The second-order valence-corrected chi connectivity index (χ2v) is 9.63. The highest BCUT2D eigenvalue weighted by atomic mass is 16.2. The van der Waals surface area contributed by atoms with Crippen LogP contribution in [0, 0.1) is 11.3 Å².